The Bertz CT molecular complexity index is 1450. The lowest BCUT2D eigenvalue weighted by Crippen LogP contribution is -2.63. The van der Waals surface area contributed by atoms with E-state index in [4.69, 9.17) is 25.8 Å². The number of halogens is 1. The Balaban J connectivity index is 1.16. The van der Waals surface area contributed by atoms with Crippen LogP contribution in [0.4, 0.5) is 0 Å². The number of carbonyl (C=O) groups excluding carboxylic acids is 1. The molecule has 250 valence electrons. The molecule has 10 atom stereocenters. The number of phenols is 1. The molecule has 5 rings (SSSR count). The van der Waals surface area contributed by atoms with Crippen LogP contribution in [0.1, 0.15) is 44.2 Å². The summed E-state index contributed by atoms with van der Waals surface area (Å²) in [7, 11) is 0. The number of fused-ring (bicyclic) bond motifs is 1. The maximum Gasteiger partial charge on any atom is 0.247 e. The van der Waals surface area contributed by atoms with Crippen molar-refractivity contribution in [2.75, 3.05) is 6.61 Å². The molecule has 3 fully saturated rings. The van der Waals surface area contributed by atoms with Crippen molar-refractivity contribution in [3.8, 4) is 11.5 Å². The molecular weight excluding hydrogens is 618 g/mol. The zero-order chi connectivity index (χ0) is 33.1. The Morgan fingerprint density at radius 1 is 0.978 bits per heavy atom. The second-order valence-corrected chi connectivity index (χ2v) is 12.8. The first-order valence-corrected chi connectivity index (χ1v) is 15.9. The summed E-state index contributed by atoms with van der Waals surface area (Å²) >= 11 is 6.00. The van der Waals surface area contributed by atoms with Crippen molar-refractivity contribution in [3.63, 3.8) is 0 Å². The Kier molecular flexibility index (Phi) is 11.1. The van der Waals surface area contributed by atoms with Crippen molar-refractivity contribution in [3.05, 3.63) is 75.8 Å². The van der Waals surface area contributed by atoms with Crippen molar-refractivity contribution in [1.29, 1.82) is 0 Å². The number of aromatic hydroxyl groups is 1. The quantitative estimate of drug-likeness (QED) is 0.114. The van der Waals surface area contributed by atoms with Gasteiger partial charge in [0.25, 0.3) is 0 Å². The van der Waals surface area contributed by atoms with Gasteiger partial charge in [0.2, 0.25) is 12.2 Å². The predicted octanol–water partition coefficient (Wildman–Crippen LogP) is 2.43. The van der Waals surface area contributed by atoms with Gasteiger partial charge in [-0.15, -0.1) is 0 Å². The lowest BCUT2D eigenvalue weighted by atomic mass is 9.73. The zero-order valence-corrected chi connectivity index (χ0v) is 26.5. The average molecular weight is 660 g/mol. The van der Waals surface area contributed by atoms with Crippen LogP contribution in [0.3, 0.4) is 0 Å². The Morgan fingerprint density at radius 2 is 1.72 bits per heavy atom. The molecule has 2 aromatic carbocycles. The Hall–Kier alpha value is -3.00. The summed E-state index contributed by atoms with van der Waals surface area (Å²) in [4.78, 5) is 12.9. The maximum atomic E-state index is 12.9. The van der Waals surface area contributed by atoms with Crippen LogP contribution in [-0.4, -0.2) is 92.1 Å². The number of nitrogens with one attached hydrogen (secondary N) is 1. The largest absolute Gasteiger partial charge is 0.504 e. The van der Waals surface area contributed by atoms with Crippen LogP contribution < -0.4 is 10.1 Å². The van der Waals surface area contributed by atoms with E-state index in [9.17, 15) is 35.4 Å². The molecular formula is C34H42ClNO10. The lowest BCUT2D eigenvalue weighted by molar-refractivity contribution is -0.139. The fourth-order valence-corrected chi connectivity index (χ4v) is 6.84. The molecule has 0 aromatic heterocycles. The number of phenolic OH excluding ortho intramolecular Hbond substituents is 1. The SMILES string of the molecule is C/C(=C\c1ccc(O[C@@H]2O[C@H](/C(C)=C/COCc3cccc(Cl)c3)[C@@H](O)[C@@H]2O)c(O)c1)C(=O)N[C@@H]1[C@H](O)[C@@H](O)[C@H]2CCC[C@H]2[C@@H]1O. The predicted molar refractivity (Wildman–Crippen MR) is 169 cm³/mol. The summed E-state index contributed by atoms with van der Waals surface area (Å²) in [5.74, 6) is -1.19. The summed E-state index contributed by atoms with van der Waals surface area (Å²) in [6.07, 6.45) is -2.51. The third-order valence-corrected chi connectivity index (χ3v) is 9.44. The van der Waals surface area contributed by atoms with E-state index in [0.717, 1.165) is 24.8 Å². The fraction of sp³-hybridized carbons (Fsp3) is 0.500. The fourth-order valence-electron chi connectivity index (χ4n) is 6.63. The summed E-state index contributed by atoms with van der Waals surface area (Å²) < 4.78 is 17.2. The van der Waals surface area contributed by atoms with Crippen LogP contribution in [0.25, 0.3) is 6.08 Å². The number of amides is 1. The van der Waals surface area contributed by atoms with Gasteiger partial charge in [0.1, 0.15) is 24.4 Å². The second kappa shape index (κ2) is 14.8. The molecule has 2 saturated carbocycles. The van der Waals surface area contributed by atoms with E-state index in [1.807, 2.05) is 18.2 Å². The minimum absolute atomic E-state index is 0.00352. The van der Waals surface area contributed by atoms with E-state index in [1.54, 1.807) is 32.1 Å². The van der Waals surface area contributed by atoms with Crippen LogP contribution in [-0.2, 0) is 20.9 Å². The standard InChI is InChI=1S/C34H42ClNO10/c1-17(11-12-44-16-20-5-3-6-21(35)14-20)32-30(41)31(42)34(46-32)45-25-10-9-19(15-24(25)37)13-18(2)33(43)36-26-27(38)22-7-4-8-23(22)28(39)29(26)40/h3,5-6,9-11,13-15,22-23,26-32,34,37-42H,4,7-8,12,16H2,1-2H3,(H,36,43)/b17-11+,18-13+/t22-,23+,26+,27+,28+,29+,30+,31+,32-,34-/m1/s1. The van der Waals surface area contributed by atoms with Gasteiger partial charge >= 0.3 is 0 Å². The monoisotopic (exact) mass is 659 g/mol. The highest BCUT2D eigenvalue weighted by molar-refractivity contribution is 6.30. The van der Waals surface area contributed by atoms with E-state index < -0.39 is 54.9 Å². The van der Waals surface area contributed by atoms with Gasteiger partial charge in [-0.25, -0.2) is 0 Å². The van der Waals surface area contributed by atoms with Gasteiger partial charge < -0.3 is 50.2 Å². The molecule has 0 unspecified atom stereocenters. The minimum Gasteiger partial charge on any atom is -0.504 e. The molecule has 11 nitrogen and oxygen atoms in total. The number of benzene rings is 2. The first-order valence-electron chi connectivity index (χ1n) is 15.5. The van der Waals surface area contributed by atoms with Crippen molar-refractivity contribution < 1.29 is 49.6 Å². The Morgan fingerprint density at radius 3 is 2.43 bits per heavy atom. The molecule has 0 spiro atoms. The first kappa shape index (κ1) is 34.3. The van der Waals surface area contributed by atoms with Gasteiger partial charge in [-0.2, -0.15) is 0 Å². The number of carbonyl (C=O) groups is 1. The number of hydrogen-bond donors (Lipinski definition) is 7. The molecule has 12 heteroatoms. The normalized spacial score (nSPS) is 33.1. The van der Waals surface area contributed by atoms with Crippen molar-refractivity contribution in [2.45, 2.75) is 88.7 Å². The molecule has 2 aliphatic carbocycles. The lowest BCUT2D eigenvalue weighted by Gasteiger charge is -2.43. The summed E-state index contributed by atoms with van der Waals surface area (Å²) in [5.41, 5.74) is 2.25. The highest BCUT2D eigenvalue weighted by Crippen LogP contribution is 2.43. The molecule has 1 heterocycles. The topological polar surface area (TPSA) is 178 Å². The van der Waals surface area contributed by atoms with E-state index in [2.05, 4.69) is 5.32 Å². The number of rotatable bonds is 10. The number of aliphatic hydroxyl groups is 5. The van der Waals surface area contributed by atoms with Crippen molar-refractivity contribution >= 4 is 23.6 Å². The van der Waals surface area contributed by atoms with Gasteiger partial charge in [0, 0.05) is 10.6 Å². The molecule has 7 N–H and O–H groups in total. The molecule has 0 bridgehead atoms. The van der Waals surface area contributed by atoms with Crippen LogP contribution >= 0.6 is 11.6 Å². The number of hydrogen-bond acceptors (Lipinski definition) is 10. The van der Waals surface area contributed by atoms with Gasteiger partial charge in [0.15, 0.2) is 11.5 Å². The molecule has 2 aromatic rings. The van der Waals surface area contributed by atoms with E-state index >= 15 is 0 Å². The molecule has 0 radical (unpaired) electrons. The summed E-state index contributed by atoms with van der Waals surface area (Å²) in [6.45, 7) is 3.88. The van der Waals surface area contributed by atoms with Gasteiger partial charge in [-0.05, 0) is 85.6 Å². The van der Waals surface area contributed by atoms with Gasteiger partial charge in [0.05, 0.1) is 31.5 Å². The highest BCUT2D eigenvalue weighted by atomic mass is 35.5. The van der Waals surface area contributed by atoms with Gasteiger partial charge in [-0.3, -0.25) is 4.79 Å². The molecule has 3 aliphatic rings. The van der Waals surface area contributed by atoms with Crippen LogP contribution in [0.2, 0.25) is 5.02 Å². The Labute approximate surface area is 272 Å². The average Bonchev–Trinajstić information content (AvgIpc) is 3.63. The summed E-state index contributed by atoms with van der Waals surface area (Å²) in [6, 6.07) is 10.7. The zero-order valence-electron chi connectivity index (χ0n) is 25.7. The van der Waals surface area contributed by atoms with E-state index in [1.165, 1.54) is 18.2 Å². The van der Waals surface area contributed by atoms with E-state index in [-0.39, 0.29) is 35.5 Å². The molecule has 1 amide bonds. The molecule has 1 saturated heterocycles. The third-order valence-electron chi connectivity index (χ3n) is 9.20. The first-order chi connectivity index (χ1) is 21.9. The maximum absolute atomic E-state index is 12.9. The number of ether oxygens (including phenoxy) is 3. The molecule has 46 heavy (non-hydrogen) atoms. The number of aliphatic hydroxyl groups excluding tert-OH is 5. The van der Waals surface area contributed by atoms with Crippen molar-refractivity contribution in [1.82, 2.24) is 5.32 Å². The van der Waals surface area contributed by atoms with E-state index in [0.29, 0.717) is 22.8 Å². The van der Waals surface area contributed by atoms with Crippen LogP contribution in [0.5, 0.6) is 11.5 Å². The highest BCUT2D eigenvalue weighted by Gasteiger charge is 2.51. The third kappa shape index (κ3) is 7.58. The van der Waals surface area contributed by atoms with Gasteiger partial charge in [-0.1, -0.05) is 42.3 Å². The van der Waals surface area contributed by atoms with Crippen LogP contribution in [0.15, 0.2) is 59.7 Å². The smallest absolute Gasteiger partial charge is 0.247 e. The second-order valence-electron chi connectivity index (χ2n) is 12.4. The van der Waals surface area contributed by atoms with Crippen LogP contribution in [0, 0.1) is 11.8 Å². The minimum atomic E-state index is -1.39. The summed E-state index contributed by atoms with van der Waals surface area (Å²) in [5, 5.41) is 67.0. The van der Waals surface area contributed by atoms with Crippen molar-refractivity contribution in [2.24, 2.45) is 11.8 Å². The molecule has 1 aliphatic heterocycles.